The van der Waals surface area contributed by atoms with Crippen LogP contribution in [0.2, 0.25) is 0 Å². The fourth-order valence-corrected chi connectivity index (χ4v) is 2.65. The summed E-state index contributed by atoms with van der Waals surface area (Å²) in [7, 11) is 1.63. The van der Waals surface area contributed by atoms with E-state index in [9.17, 15) is 4.79 Å². The van der Waals surface area contributed by atoms with Crippen molar-refractivity contribution in [3.63, 3.8) is 0 Å². The molecular formula is C16H24N2O2. The molecule has 0 radical (unpaired) electrons. The van der Waals surface area contributed by atoms with Crippen LogP contribution in [0.3, 0.4) is 0 Å². The van der Waals surface area contributed by atoms with Crippen LogP contribution in [0.5, 0.6) is 5.75 Å². The first kappa shape index (κ1) is 14.9. The van der Waals surface area contributed by atoms with Crippen molar-refractivity contribution in [3.05, 3.63) is 29.8 Å². The van der Waals surface area contributed by atoms with Crippen LogP contribution in [0.1, 0.15) is 30.6 Å². The van der Waals surface area contributed by atoms with E-state index in [0.717, 1.165) is 37.4 Å². The minimum absolute atomic E-state index is 0.114. The van der Waals surface area contributed by atoms with Gasteiger partial charge in [0, 0.05) is 31.2 Å². The Bertz CT molecular complexity index is 442. The normalized spacial score (nSPS) is 19.2. The molecule has 1 heterocycles. The van der Waals surface area contributed by atoms with Crippen molar-refractivity contribution in [2.45, 2.75) is 26.3 Å². The lowest BCUT2D eigenvalue weighted by atomic mass is 10.0. The topological polar surface area (TPSA) is 41.6 Å². The van der Waals surface area contributed by atoms with Gasteiger partial charge in [-0.3, -0.25) is 4.79 Å². The van der Waals surface area contributed by atoms with Gasteiger partial charge in [-0.05, 0) is 36.6 Å². The van der Waals surface area contributed by atoms with Crippen molar-refractivity contribution in [1.29, 1.82) is 0 Å². The van der Waals surface area contributed by atoms with Crippen LogP contribution in [-0.2, 0) is 0 Å². The number of piperazine rings is 1. The van der Waals surface area contributed by atoms with E-state index in [0.29, 0.717) is 12.0 Å². The summed E-state index contributed by atoms with van der Waals surface area (Å²) in [4.78, 5) is 14.4. The molecule has 1 aliphatic heterocycles. The highest BCUT2D eigenvalue weighted by atomic mass is 16.5. The molecule has 1 aromatic carbocycles. The third-order valence-corrected chi connectivity index (χ3v) is 3.64. The predicted molar refractivity (Wildman–Crippen MR) is 80.1 cm³/mol. The zero-order chi connectivity index (χ0) is 14.5. The van der Waals surface area contributed by atoms with Gasteiger partial charge in [-0.2, -0.15) is 0 Å². The molecule has 1 fully saturated rings. The highest BCUT2D eigenvalue weighted by molar-refractivity contribution is 5.94. The molecule has 1 amide bonds. The van der Waals surface area contributed by atoms with Crippen LogP contribution in [0.15, 0.2) is 24.3 Å². The van der Waals surface area contributed by atoms with Crippen LogP contribution >= 0.6 is 0 Å². The zero-order valence-corrected chi connectivity index (χ0v) is 12.6. The number of rotatable bonds is 4. The van der Waals surface area contributed by atoms with Crippen LogP contribution in [0, 0.1) is 5.92 Å². The molecule has 0 aromatic heterocycles. The Balaban J connectivity index is 2.00. The average Bonchev–Trinajstić information content (AvgIpc) is 2.46. The maximum absolute atomic E-state index is 12.5. The van der Waals surface area contributed by atoms with Gasteiger partial charge in [0.05, 0.1) is 7.11 Å². The molecule has 0 spiro atoms. The minimum Gasteiger partial charge on any atom is -0.497 e. The number of hydrogen-bond donors (Lipinski definition) is 1. The number of nitrogens with one attached hydrogen (secondary N) is 1. The monoisotopic (exact) mass is 276 g/mol. The first-order valence-electron chi connectivity index (χ1n) is 7.27. The fourth-order valence-electron chi connectivity index (χ4n) is 2.65. The van der Waals surface area contributed by atoms with E-state index in [1.807, 2.05) is 29.2 Å². The summed E-state index contributed by atoms with van der Waals surface area (Å²) in [5, 5.41) is 3.49. The molecule has 1 N–H and O–H groups in total. The van der Waals surface area contributed by atoms with E-state index in [-0.39, 0.29) is 5.91 Å². The molecule has 1 saturated heterocycles. The summed E-state index contributed by atoms with van der Waals surface area (Å²) in [6, 6.07) is 7.74. The Labute approximate surface area is 121 Å². The smallest absolute Gasteiger partial charge is 0.253 e. The van der Waals surface area contributed by atoms with Gasteiger partial charge in [-0.25, -0.2) is 0 Å². The molecule has 1 aromatic rings. The van der Waals surface area contributed by atoms with E-state index in [2.05, 4.69) is 19.2 Å². The SMILES string of the molecule is COc1ccc(C(=O)N2CCNC(CC(C)C)C2)cc1. The standard InChI is InChI=1S/C16H24N2O2/c1-12(2)10-14-11-18(9-8-17-14)16(19)13-4-6-15(20-3)7-5-13/h4-7,12,14,17H,8-11H2,1-3H3. The van der Waals surface area contributed by atoms with Gasteiger partial charge in [0.25, 0.3) is 5.91 Å². The Morgan fingerprint density at radius 1 is 1.40 bits per heavy atom. The summed E-state index contributed by atoms with van der Waals surface area (Å²) >= 11 is 0. The molecule has 1 unspecified atom stereocenters. The van der Waals surface area contributed by atoms with Crippen LogP contribution in [0.4, 0.5) is 0 Å². The molecular weight excluding hydrogens is 252 g/mol. The van der Waals surface area contributed by atoms with Crippen LogP contribution in [-0.4, -0.2) is 43.6 Å². The number of benzene rings is 1. The number of carbonyl (C=O) groups is 1. The van der Waals surface area contributed by atoms with Crippen molar-refractivity contribution in [1.82, 2.24) is 10.2 Å². The molecule has 0 bridgehead atoms. The van der Waals surface area contributed by atoms with Gasteiger partial charge in [-0.15, -0.1) is 0 Å². The Morgan fingerprint density at radius 2 is 2.10 bits per heavy atom. The quantitative estimate of drug-likeness (QED) is 0.916. The lowest BCUT2D eigenvalue weighted by Gasteiger charge is -2.34. The van der Waals surface area contributed by atoms with Gasteiger partial charge in [-0.1, -0.05) is 13.8 Å². The molecule has 4 nitrogen and oxygen atoms in total. The molecule has 2 rings (SSSR count). The fraction of sp³-hybridized carbons (Fsp3) is 0.562. The second-order valence-electron chi connectivity index (χ2n) is 5.76. The third-order valence-electron chi connectivity index (χ3n) is 3.64. The largest absolute Gasteiger partial charge is 0.497 e. The Morgan fingerprint density at radius 3 is 2.70 bits per heavy atom. The van der Waals surface area contributed by atoms with Gasteiger partial charge in [0.1, 0.15) is 5.75 Å². The summed E-state index contributed by atoms with van der Waals surface area (Å²) in [6.45, 7) is 6.87. The van der Waals surface area contributed by atoms with Gasteiger partial charge >= 0.3 is 0 Å². The van der Waals surface area contributed by atoms with Crippen molar-refractivity contribution in [2.24, 2.45) is 5.92 Å². The highest BCUT2D eigenvalue weighted by Crippen LogP contribution is 2.15. The number of methoxy groups -OCH3 is 1. The summed E-state index contributed by atoms with van der Waals surface area (Å²) < 4.78 is 5.12. The van der Waals surface area contributed by atoms with E-state index < -0.39 is 0 Å². The van der Waals surface area contributed by atoms with Crippen molar-refractivity contribution < 1.29 is 9.53 Å². The van der Waals surface area contributed by atoms with E-state index >= 15 is 0 Å². The zero-order valence-electron chi connectivity index (χ0n) is 12.6. The molecule has 20 heavy (non-hydrogen) atoms. The molecule has 0 aliphatic carbocycles. The number of carbonyl (C=O) groups excluding carboxylic acids is 1. The third kappa shape index (κ3) is 3.73. The Kier molecular flexibility index (Phi) is 5.01. The van der Waals surface area contributed by atoms with Gasteiger partial charge in [0.2, 0.25) is 0 Å². The lowest BCUT2D eigenvalue weighted by molar-refractivity contribution is 0.0694. The predicted octanol–water partition coefficient (Wildman–Crippen LogP) is 2.16. The maximum Gasteiger partial charge on any atom is 0.253 e. The summed E-state index contributed by atoms with van der Waals surface area (Å²) in [6.07, 6.45) is 1.10. The number of ether oxygens (including phenoxy) is 1. The minimum atomic E-state index is 0.114. The van der Waals surface area contributed by atoms with Crippen molar-refractivity contribution >= 4 is 5.91 Å². The molecule has 4 heteroatoms. The second-order valence-corrected chi connectivity index (χ2v) is 5.76. The van der Waals surface area contributed by atoms with E-state index in [1.54, 1.807) is 7.11 Å². The van der Waals surface area contributed by atoms with Gasteiger partial charge in [0.15, 0.2) is 0 Å². The number of nitrogens with zero attached hydrogens (tertiary/aromatic N) is 1. The molecule has 0 saturated carbocycles. The molecule has 110 valence electrons. The maximum atomic E-state index is 12.5. The van der Waals surface area contributed by atoms with E-state index in [4.69, 9.17) is 4.74 Å². The summed E-state index contributed by atoms with van der Waals surface area (Å²) in [5.74, 6) is 1.53. The first-order valence-corrected chi connectivity index (χ1v) is 7.27. The van der Waals surface area contributed by atoms with Gasteiger partial charge < -0.3 is 15.0 Å². The average molecular weight is 276 g/mol. The molecule has 1 aliphatic rings. The van der Waals surface area contributed by atoms with Crippen molar-refractivity contribution in [3.8, 4) is 5.75 Å². The second kappa shape index (κ2) is 6.75. The molecule has 1 atom stereocenters. The first-order chi connectivity index (χ1) is 9.60. The number of hydrogen-bond acceptors (Lipinski definition) is 3. The highest BCUT2D eigenvalue weighted by Gasteiger charge is 2.24. The number of amides is 1. The van der Waals surface area contributed by atoms with E-state index in [1.165, 1.54) is 0 Å². The summed E-state index contributed by atoms with van der Waals surface area (Å²) in [5.41, 5.74) is 0.732. The lowest BCUT2D eigenvalue weighted by Crippen LogP contribution is -2.52. The van der Waals surface area contributed by atoms with Crippen LogP contribution in [0.25, 0.3) is 0 Å². The van der Waals surface area contributed by atoms with Crippen molar-refractivity contribution in [2.75, 3.05) is 26.7 Å². The Hall–Kier alpha value is -1.55. The van der Waals surface area contributed by atoms with Crippen LogP contribution < -0.4 is 10.1 Å².